The molecule has 0 aliphatic heterocycles. The van der Waals surface area contributed by atoms with Gasteiger partial charge in [-0.05, 0) is 30.3 Å². The molecule has 0 bridgehead atoms. The van der Waals surface area contributed by atoms with Gasteiger partial charge in [0.1, 0.15) is 11.5 Å². The van der Waals surface area contributed by atoms with Crippen LogP contribution in [0.2, 0.25) is 0 Å². The number of alkyl halides is 3. The SMILES string of the molecule is O=C(COc1ccccc1)NNC(=O)COc1cccc(C(F)(F)F)c1. The number of carbonyl (C=O) groups is 2. The number of rotatable bonds is 6. The molecule has 2 aromatic carbocycles. The fourth-order valence-corrected chi connectivity index (χ4v) is 1.79. The van der Waals surface area contributed by atoms with Gasteiger partial charge in [0.25, 0.3) is 11.8 Å². The highest BCUT2D eigenvalue weighted by atomic mass is 19.4. The first kappa shape index (κ1) is 19.1. The molecule has 2 aromatic rings. The summed E-state index contributed by atoms with van der Waals surface area (Å²) < 4.78 is 47.9. The third kappa shape index (κ3) is 6.34. The maximum atomic E-state index is 12.6. The van der Waals surface area contributed by atoms with Crippen LogP contribution in [0.5, 0.6) is 11.5 Å². The summed E-state index contributed by atoms with van der Waals surface area (Å²) in [5.74, 6) is -0.979. The summed E-state index contributed by atoms with van der Waals surface area (Å²) in [7, 11) is 0. The van der Waals surface area contributed by atoms with E-state index in [9.17, 15) is 22.8 Å². The minimum absolute atomic E-state index is 0.117. The summed E-state index contributed by atoms with van der Waals surface area (Å²) in [6.07, 6.45) is -4.51. The molecule has 0 unspecified atom stereocenters. The minimum Gasteiger partial charge on any atom is -0.484 e. The molecule has 0 saturated heterocycles. The van der Waals surface area contributed by atoms with Crippen LogP contribution in [0.15, 0.2) is 54.6 Å². The normalized spacial score (nSPS) is 10.7. The predicted molar refractivity (Wildman–Crippen MR) is 85.2 cm³/mol. The Kier molecular flexibility index (Phi) is 6.42. The minimum atomic E-state index is -4.51. The standard InChI is InChI=1S/C17H15F3N2O4/c18-17(19,20)12-5-4-8-14(9-12)26-11-16(24)22-21-15(23)10-25-13-6-2-1-3-7-13/h1-9H,10-11H2,(H,21,23)(H,22,24). The zero-order valence-electron chi connectivity index (χ0n) is 13.4. The van der Waals surface area contributed by atoms with Crippen LogP contribution in [0.4, 0.5) is 13.2 Å². The van der Waals surface area contributed by atoms with Crippen molar-refractivity contribution in [3.8, 4) is 11.5 Å². The first-order valence-electron chi connectivity index (χ1n) is 7.40. The van der Waals surface area contributed by atoms with E-state index in [-0.39, 0.29) is 12.4 Å². The number of nitrogens with one attached hydrogen (secondary N) is 2. The van der Waals surface area contributed by atoms with Crippen LogP contribution in [0.3, 0.4) is 0 Å². The van der Waals surface area contributed by atoms with Crippen molar-refractivity contribution in [1.82, 2.24) is 10.9 Å². The van der Waals surface area contributed by atoms with Crippen LogP contribution in [-0.4, -0.2) is 25.0 Å². The first-order chi connectivity index (χ1) is 12.3. The summed E-state index contributed by atoms with van der Waals surface area (Å²) in [5.41, 5.74) is 3.28. The third-order valence-electron chi connectivity index (χ3n) is 2.99. The zero-order chi connectivity index (χ0) is 19.0. The van der Waals surface area contributed by atoms with Crippen molar-refractivity contribution < 1.29 is 32.2 Å². The Hall–Kier alpha value is -3.23. The van der Waals surface area contributed by atoms with E-state index in [2.05, 4.69) is 10.9 Å². The van der Waals surface area contributed by atoms with Gasteiger partial charge in [-0.25, -0.2) is 0 Å². The quantitative estimate of drug-likeness (QED) is 0.768. The van der Waals surface area contributed by atoms with Gasteiger partial charge in [0.05, 0.1) is 5.56 Å². The Labute approximate surface area is 146 Å². The molecule has 0 aliphatic rings. The topological polar surface area (TPSA) is 76.7 Å². The van der Waals surface area contributed by atoms with Gasteiger partial charge in [-0.3, -0.25) is 20.4 Å². The van der Waals surface area contributed by atoms with Crippen molar-refractivity contribution in [1.29, 1.82) is 0 Å². The molecule has 6 nitrogen and oxygen atoms in total. The molecule has 0 spiro atoms. The van der Waals surface area contributed by atoms with Crippen LogP contribution in [0.1, 0.15) is 5.56 Å². The van der Waals surface area contributed by atoms with Gasteiger partial charge in [0, 0.05) is 0 Å². The Morgan fingerprint density at radius 2 is 1.35 bits per heavy atom. The lowest BCUT2D eigenvalue weighted by atomic mass is 10.2. The molecule has 2 N–H and O–H groups in total. The summed E-state index contributed by atoms with van der Waals surface area (Å²) in [6, 6.07) is 12.7. The van der Waals surface area contributed by atoms with Crippen LogP contribution in [0.25, 0.3) is 0 Å². The second kappa shape index (κ2) is 8.75. The smallest absolute Gasteiger partial charge is 0.416 e. The maximum absolute atomic E-state index is 12.6. The molecule has 2 amide bonds. The molecular formula is C17H15F3N2O4. The van der Waals surface area contributed by atoms with Gasteiger partial charge in [-0.1, -0.05) is 24.3 Å². The highest BCUT2D eigenvalue weighted by Crippen LogP contribution is 2.31. The van der Waals surface area contributed by atoms with Gasteiger partial charge >= 0.3 is 6.18 Å². The molecule has 0 fully saturated rings. The average molecular weight is 368 g/mol. The van der Waals surface area contributed by atoms with Crippen molar-refractivity contribution in [3.63, 3.8) is 0 Å². The number of ether oxygens (including phenoxy) is 2. The van der Waals surface area contributed by atoms with E-state index in [0.29, 0.717) is 5.75 Å². The summed E-state index contributed by atoms with van der Waals surface area (Å²) >= 11 is 0. The summed E-state index contributed by atoms with van der Waals surface area (Å²) in [4.78, 5) is 23.1. The second-order valence-electron chi connectivity index (χ2n) is 5.01. The van der Waals surface area contributed by atoms with E-state index in [0.717, 1.165) is 12.1 Å². The van der Waals surface area contributed by atoms with E-state index < -0.39 is 30.2 Å². The Morgan fingerprint density at radius 3 is 1.92 bits per heavy atom. The summed E-state index contributed by atoms with van der Waals surface area (Å²) in [6.45, 7) is -0.889. The fraction of sp³-hybridized carbons (Fsp3) is 0.176. The van der Waals surface area contributed by atoms with Gasteiger partial charge in [0.2, 0.25) is 0 Å². The molecule has 0 aromatic heterocycles. The van der Waals surface area contributed by atoms with Gasteiger partial charge in [-0.15, -0.1) is 0 Å². The number of hydrazine groups is 1. The van der Waals surface area contributed by atoms with E-state index in [1.807, 2.05) is 0 Å². The molecule has 0 aliphatic carbocycles. The molecule has 0 heterocycles. The van der Waals surface area contributed by atoms with Crippen molar-refractivity contribution in [2.45, 2.75) is 6.18 Å². The van der Waals surface area contributed by atoms with Gasteiger partial charge < -0.3 is 9.47 Å². The second-order valence-corrected chi connectivity index (χ2v) is 5.01. The Morgan fingerprint density at radius 1 is 0.808 bits per heavy atom. The molecule has 0 saturated carbocycles. The predicted octanol–water partition coefficient (Wildman–Crippen LogP) is 2.31. The van der Waals surface area contributed by atoms with E-state index in [1.165, 1.54) is 12.1 Å². The molecule has 9 heteroatoms. The number of amides is 2. The van der Waals surface area contributed by atoms with Gasteiger partial charge in [0.15, 0.2) is 13.2 Å². The van der Waals surface area contributed by atoms with Crippen molar-refractivity contribution in [2.75, 3.05) is 13.2 Å². The van der Waals surface area contributed by atoms with Crippen molar-refractivity contribution >= 4 is 11.8 Å². The van der Waals surface area contributed by atoms with Crippen LogP contribution in [0, 0.1) is 0 Å². The average Bonchev–Trinajstić information content (AvgIpc) is 2.63. The number of hydrogen-bond acceptors (Lipinski definition) is 4. The Bertz CT molecular complexity index is 751. The van der Waals surface area contributed by atoms with Crippen LogP contribution >= 0.6 is 0 Å². The molecule has 138 valence electrons. The highest BCUT2D eigenvalue weighted by Gasteiger charge is 2.30. The number of benzene rings is 2. The molecular weight excluding hydrogens is 353 g/mol. The van der Waals surface area contributed by atoms with E-state index in [1.54, 1.807) is 30.3 Å². The number of para-hydroxylation sites is 1. The highest BCUT2D eigenvalue weighted by molar-refractivity contribution is 5.83. The molecule has 26 heavy (non-hydrogen) atoms. The summed E-state index contributed by atoms with van der Waals surface area (Å²) in [5, 5.41) is 0. The lowest BCUT2D eigenvalue weighted by molar-refractivity contribution is -0.137. The van der Waals surface area contributed by atoms with E-state index >= 15 is 0 Å². The number of carbonyl (C=O) groups excluding carboxylic acids is 2. The van der Waals surface area contributed by atoms with Crippen LogP contribution < -0.4 is 20.3 Å². The van der Waals surface area contributed by atoms with Crippen molar-refractivity contribution in [2.24, 2.45) is 0 Å². The number of hydrogen-bond donors (Lipinski definition) is 2. The van der Waals surface area contributed by atoms with E-state index in [4.69, 9.17) is 9.47 Å². The monoisotopic (exact) mass is 368 g/mol. The molecule has 0 radical (unpaired) electrons. The van der Waals surface area contributed by atoms with Crippen molar-refractivity contribution in [3.05, 3.63) is 60.2 Å². The van der Waals surface area contributed by atoms with Gasteiger partial charge in [-0.2, -0.15) is 13.2 Å². The fourth-order valence-electron chi connectivity index (χ4n) is 1.79. The lowest BCUT2D eigenvalue weighted by Gasteiger charge is -2.11. The lowest BCUT2D eigenvalue weighted by Crippen LogP contribution is -2.45. The zero-order valence-corrected chi connectivity index (χ0v) is 13.4. The molecule has 0 atom stereocenters. The Balaban J connectivity index is 1.71. The molecule has 2 rings (SSSR count). The maximum Gasteiger partial charge on any atom is 0.416 e. The number of halogens is 3. The van der Waals surface area contributed by atoms with Crippen LogP contribution in [-0.2, 0) is 15.8 Å². The largest absolute Gasteiger partial charge is 0.484 e. The first-order valence-corrected chi connectivity index (χ1v) is 7.40. The third-order valence-corrected chi connectivity index (χ3v) is 2.99.